The molecule has 2 aliphatic heterocycles. The van der Waals surface area contributed by atoms with E-state index in [-0.39, 0.29) is 30.4 Å². The number of aromatic hydroxyl groups is 1. The lowest BCUT2D eigenvalue weighted by Crippen LogP contribution is -2.57. The van der Waals surface area contributed by atoms with E-state index in [1.807, 2.05) is 24.4 Å². The maximum Gasteiger partial charge on any atom is 0.276 e. The van der Waals surface area contributed by atoms with Crippen LogP contribution in [-0.2, 0) is 17.8 Å². The lowest BCUT2D eigenvalue weighted by Gasteiger charge is -2.44. The Morgan fingerprint density at radius 1 is 1.44 bits per heavy atom. The van der Waals surface area contributed by atoms with Gasteiger partial charge in [-0.1, -0.05) is 6.07 Å². The maximum absolute atomic E-state index is 12.8. The van der Waals surface area contributed by atoms with Crippen molar-refractivity contribution in [2.45, 2.75) is 38.7 Å². The molecular weight excluding hydrogens is 370 g/mol. The highest BCUT2D eigenvalue weighted by molar-refractivity contribution is 7.09. The first kappa shape index (κ1) is 17.7. The van der Waals surface area contributed by atoms with Gasteiger partial charge >= 0.3 is 0 Å². The van der Waals surface area contributed by atoms with Crippen molar-refractivity contribution < 1.29 is 19.4 Å². The van der Waals surface area contributed by atoms with Gasteiger partial charge in [0, 0.05) is 17.1 Å². The second-order valence-corrected chi connectivity index (χ2v) is 7.69. The first-order valence-electron chi connectivity index (χ1n) is 8.68. The number of fused-ring (bicyclic) bond motifs is 2. The summed E-state index contributed by atoms with van der Waals surface area (Å²) in [5.74, 6) is -1.75. The third-order valence-electron chi connectivity index (χ3n) is 4.93. The van der Waals surface area contributed by atoms with Crippen LogP contribution in [-0.4, -0.2) is 45.3 Å². The van der Waals surface area contributed by atoms with Gasteiger partial charge in [0.15, 0.2) is 17.7 Å². The van der Waals surface area contributed by atoms with E-state index in [0.29, 0.717) is 13.0 Å². The number of nitrogens with one attached hydrogen (secondary N) is 1. The van der Waals surface area contributed by atoms with Crippen molar-refractivity contribution in [2.75, 3.05) is 6.61 Å². The molecule has 1 saturated heterocycles. The average molecular weight is 389 g/mol. The van der Waals surface area contributed by atoms with Crippen molar-refractivity contribution in [1.82, 2.24) is 14.8 Å². The zero-order valence-corrected chi connectivity index (χ0v) is 15.5. The summed E-state index contributed by atoms with van der Waals surface area (Å²) < 4.78 is 7.11. The minimum absolute atomic E-state index is 0.0479. The number of pyridine rings is 1. The van der Waals surface area contributed by atoms with Crippen LogP contribution in [0.5, 0.6) is 5.75 Å². The van der Waals surface area contributed by atoms with Crippen LogP contribution in [0.3, 0.4) is 0 Å². The summed E-state index contributed by atoms with van der Waals surface area (Å²) in [6.45, 7) is 2.98. The minimum atomic E-state index is -0.845. The zero-order valence-electron chi connectivity index (χ0n) is 14.7. The molecule has 2 aliphatic rings. The predicted octanol–water partition coefficient (Wildman–Crippen LogP) is 1.14. The fourth-order valence-electron chi connectivity index (χ4n) is 3.50. The van der Waals surface area contributed by atoms with Crippen molar-refractivity contribution in [1.29, 1.82) is 0 Å². The van der Waals surface area contributed by atoms with E-state index < -0.39 is 29.2 Å². The topological polar surface area (TPSA) is 101 Å². The number of nitrogens with zero attached hydrogens (tertiary/aromatic N) is 2. The van der Waals surface area contributed by atoms with Crippen molar-refractivity contribution in [3.63, 3.8) is 0 Å². The van der Waals surface area contributed by atoms with Gasteiger partial charge in [0.25, 0.3) is 11.8 Å². The van der Waals surface area contributed by atoms with Gasteiger partial charge < -0.3 is 24.6 Å². The molecule has 142 valence electrons. The van der Waals surface area contributed by atoms with E-state index in [0.717, 1.165) is 4.88 Å². The number of hydrogen-bond acceptors (Lipinski definition) is 6. The van der Waals surface area contributed by atoms with E-state index in [2.05, 4.69) is 5.32 Å². The van der Waals surface area contributed by atoms with E-state index in [4.69, 9.17) is 4.74 Å². The average Bonchev–Trinajstić information content (AvgIpc) is 3.16. The number of rotatable bonds is 3. The van der Waals surface area contributed by atoms with E-state index in [1.165, 1.54) is 22.1 Å². The first-order valence-corrected chi connectivity index (χ1v) is 9.56. The third kappa shape index (κ3) is 3.02. The molecule has 27 heavy (non-hydrogen) atoms. The highest BCUT2D eigenvalue weighted by atomic mass is 32.1. The molecule has 2 amide bonds. The Kier molecular flexibility index (Phi) is 4.48. The second-order valence-electron chi connectivity index (χ2n) is 6.66. The molecule has 9 heteroatoms. The summed E-state index contributed by atoms with van der Waals surface area (Å²) in [5, 5.41) is 14.9. The Morgan fingerprint density at radius 3 is 3.00 bits per heavy atom. The number of ether oxygens (including phenoxy) is 1. The number of amides is 2. The third-order valence-corrected chi connectivity index (χ3v) is 5.80. The van der Waals surface area contributed by atoms with Gasteiger partial charge in [-0.15, -0.1) is 11.3 Å². The van der Waals surface area contributed by atoms with E-state index in [9.17, 15) is 19.5 Å². The number of carbonyl (C=O) groups excluding carboxylic acids is 2. The Labute approximate surface area is 159 Å². The number of hydrogen-bond donors (Lipinski definition) is 2. The fourth-order valence-corrected chi connectivity index (χ4v) is 4.14. The maximum atomic E-state index is 12.8. The quantitative estimate of drug-likeness (QED) is 0.820. The summed E-state index contributed by atoms with van der Waals surface area (Å²) in [4.78, 5) is 40.3. The molecule has 0 radical (unpaired) electrons. The normalized spacial score (nSPS) is 21.5. The van der Waals surface area contributed by atoms with Crippen LogP contribution in [0.4, 0.5) is 0 Å². The molecule has 4 rings (SSSR count). The molecular formula is C18H19N3O5S. The smallest absolute Gasteiger partial charge is 0.276 e. The van der Waals surface area contributed by atoms with Gasteiger partial charge in [0.1, 0.15) is 5.56 Å². The molecule has 1 fully saturated rings. The molecule has 0 saturated carbocycles. The monoisotopic (exact) mass is 389 g/mol. The zero-order chi connectivity index (χ0) is 19.1. The lowest BCUT2D eigenvalue weighted by molar-refractivity contribution is -0.112. The van der Waals surface area contributed by atoms with Crippen molar-refractivity contribution >= 4 is 23.2 Å². The molecule has 0 unspecified atom stereocenters. The Balaban J connectivity index is 1.67. The van der Waals surface area contributed by atoms with Gasteiger partial charge in [0.05, 0.1) is 19.7 Å². The molecule has 4 heterocycles. The van der Waals surface area contributed by atoms with Crippen LogP contribution in [0.25, 0.3) is 0 Å². The fraction of sp³-hybridized carbons (Fsp3) is 0.389. The van der Waals surface area contributed by atoms with Crippen LogP contribution in [0.1, 0.15) is 39.1 Å². The molecule has 0 spiro atoms. The molecule has 2 N–H and O–H groups in total. The van der Waals surface area contributed by atoms with Gasteiger partial charge in [-0.25, -0.2) is 0 Å². The van der Waals surface area contributed by atoms with Gasteiger partial charge in [0.2, 0.25) is 5.43 Å². The Bertz CT molecular complexity index is 953. The van der Waals surface area contributed by atoms with Crippen LogP contribution >= 0.6 is 11.3 Å². The Hall–Kier alpha value is -2.65. The molecule has 2 aromatic rings. The minimum Gasteiger partial charge on any atom is -0.503 e. The molecule has 0 bridgehead atoms. The van der Waals surface area contributed by atoms with Gasteiger partial charge in [-0.3, -0.25) is 14.4 Å². The summed E-state index contributed by atoms with van der Waals surface area (Å²) >= 11 is 1.49. The summed E-state index contributed by atoms with van der Waals surface area (Å²) in [5.41, 5.74) is -1.14. The second kappa shape index (κ2) is 6.82. The molecule has 0 aromatic carbocycles. The van der Waals surface area contributed by atoms with Crippen molar-refractivity contribution in [3.05, 3.63) is 50.1 Å². The van der Waals surface area contributed by atoms with E-state index in [1.54, 1.807) is 4.90 Å². The molecule has 8 nitrogen and oxygen atoms in total. The van der Waals surface area contributed by atoms with Crippen LogP contribution in [0.15, 0.2) is 28.5 Å². The van der Waals surface area contributed by atoms with Crippen LogP contribution in [0.2, 0.25) is 0 Å². The van der Waals surface area contributed by atoms with Crippen LogP contribution in [0, 0.1) is 0 Å². The Morgan fingerprint density at radius 2 is 2.26 bits per heavy atom. The lowest BCUT2D eigenvalue weighted by atomic mass is 10.1. The number of aromatic nitrogens is 1. The largest absolute Gasteiger partial charge is 0.503 e. The predicted molar refractivity (Wildman–Crippen MR) is 97.8 cm³/mol. The number of thiophene rings is 1. The summed E-state index contributed by atoms with van der Waals surface area (Å²) in [6.07, 6.45) is 1.55. The highest BCUT2D eigenvalue weighted by Crippen LogP contribution is 2.29. The summed E-state index contributed by atoms with van der Waals surface area (Å²) in [6, 6.07) is 3.69. The molecule has 2 aromatic heterocycles. The molecule has 0 aliphatic carbocycles. The van der Waals surface area contributed by atoms with Crippen molar-refractivity contribution in [3.8, 4) is 5.75 Å². The van der Waals surface area contributed by atoms with Crippen molar-refractivity contribution in [2.24, 2.45) is 0 Å². The molecule has 2 atom stereocenters. The number of carbonyl (C=O) groups is 2. The van der Waals surface area contributed by atoms with Gasteiger partial charge in [-0.2, -0.15) is 0 Å². The SMILES string of the molecule is C[C@@H]1CCO[C@H]2Cn3cc(C(=O)NCc4cccs4)c(=O)c(O)c3C(=O)N12. The van der Waals surface area contributed by atoms with E-state index >= 15 is 0 Å². The first-order chi connectivity index (χ1) is 13.0. The standard InChI is InChI=1S/C18H19N3O5S/c1-10-4-5-26-13-9-20-8-12(17(24)19-7-11-3-2-6-27-11)15(22)16(23)14(20)18(25)21(10)13/h2-3,6,8,10,13,23H,4-5,7,9H2,1H3,(H,19,24)/t10-,13+/m1/s1. The highest BCUT2D eigenvalue weighted by Gasteiger charge is 2.40. The van der Waals surface area contributed by atoms with Crippen LogP contribution < -0.4 is 10.7 Å². The van der Waals surface area contributed by atoms with Gasteiger partial charge in [-0.05, 0) is 24.8 Å². The summed E-state index contributed by atoms with van der Waals surface area (Å²) in [7, 11) is 0.